The summed E-state index contributed by atoms with van der Waals surface area (Å²) in [7, 11) is 0. The normalized spacial score (nSPS) is 10.4. The lowest BCUT2D eigenvalue weighted by atomic mass is 10.2. The van der Waals surface area contributed by atoms with E-state index < -0.39 is 6.09 Å². The minimum atomic E-state index is -1.08. The van der Waals surface area contributed by atoms with Crippen LogP contribution in [0.3, 0.4) is 0 Å². The van der Waals surface area contributed by atoms with Gasteiger partial charge in [-0.2, -0.15) is 0 Å². The molecule has 0 aliphatic heterocycles. The zero-order valence-corrected chi connectivity index (χ0v) is 14.7. The van der Waals surface area contributed by atoms with Gasteiger partial charge in [-0.3, -0.25) is 4.90 Å². The zero-order chi connectivity index (χ0) is 17.6. The molecule has 1 aromatic heterocycles. The first-order valence-electron chi connectivity index (χ1n) is 7.47. The molecule has 0 spiro atoms. The lowest BCUT2D eigenvalue weighted by molar-refractivity contribution is 0.201. The van der Waals surface area contributed by atoms with Crippen LogP contribution in [0.15, 0.2) is 59.4 Å². The van der Waals surface area contributed by atoms with Crippen LogP contribution in [-0.2, 0) is 13.2 Å². The van der Waals surface area contributed by atoms with Crippen LogP contribution in [0.5, 0.6) is 5.75 Å². The van der Waals surface area contributed by atoms with Gasteiger partial charge in [-0.1, -0.05) is 41.9 Å². The first kappa shape index (κ1) is 17.3. The molecule has 5 nitrogen and oxygen atoms in total. The van der Waals surface area contributed by atoms with E-state index in [9.17, 15) is 9.90 Å². The number of halogens is 1. The molecule has 0 saturated carbocycles. The Balaban J connectivity index is 1.82. The van der Waals surface area contributed by atoms with Crippen LogP contribution in [0.2, 0.25) is 5.02 Å². The Morgan fingerprint density at radius 2 is 2.04 bits per heavy atom. The summed E-state index contributed by atoms with van der Waals surface area (Å²) in [4.78, 5) is 16.8. The smallest absolute Gasteiger partial charge is 0.413 e. The molecule has 25 heavy (non-hydrogen) atoms. The number of benzene rings is 2. The van der Waals surface area contributed by atoms with Crippen molar-refractivity contribution in [3.05, 3.63) is 75.6 Å². The Bertz CT molecular complexity index is 841. The maximum Gasteiger partial charge on any atom is 0.413 e. The molecule has 0 aliphatic carbocycles. The highest BCUT2D eigenvalue weighted by Crippen LogP contribution is 2.27. The molecule has 0 fully saturated rings. The van der Waals surface area contributed by atoms with E-state index in [0.29, 0.717) is 28.8 Å². The standard InChI is InChI=1S/C18H15ClN2O3S/c19-15-6-7-16(24-10-13-4-2-1-3-5-13)14(8-15)9-21(18(22)23)17-11-25-12-20-17/h1-8,11-12H,9-10H2,(H,22,23). The zero-order valence-electron chi connectivity index (χ0n) is 13.1. The number of ether oxygens (including phenoxy) is 1. The van der Waals surface area contributed by atoms with E-state index in [2.05, 4.69) is 4.98 Å². The molecule has 7 heteroatoms. The van der Waals surface area contributed by atoms with E-state index in [4.69, 9.17) is 16.3 Å². The number of hydrogen-bond donors (Lipinski definition) is 1. The SMILES string of the molecule is O=C(O)N(Cc1cc(Cl)ccc1OCc1ccccc1)c1cscn1. The summed E-state index contributed by atoms with van der Waals surface area (Å²) in [5.74, 6) is 0.973. The third-order valence-corrected chi connectivity index (χ3v) is 4.32. The maximum absolute atomic E-state index is 11.6. The minimum Gasteiger partial charge on any atom is -0.489 e. The lowest BCUT2D eigenvalue weighted by Gasteiger charge is -2.19. The summed E-state index contributed by atoms with van der Waals surface area (Å²) < 4.78 is 5.88. The Kier molecular flexibility index (Phi) is 5.53. The topological polar surface area (TPSA) is 62.7 Å². The Hall–Kier alpha value is -2.57. The van der Waals surface area contributed by atoms with Crippen LogP contribution >= 0.6 is 22.9 Å². The molecular weight excluding hydrogens is 360 g/mol. The second-order valence-electron chi connectivity index (χ2n) is 5.24. The molecule has 0 saturated heterocycles. The van der Waals surface area contributed by atoms with Gasteiger partial charge in [0.25, 0.3) is 0 Å². The van der Waals surface area contributed by atoms with E-state index in [1.807, 2.05) is 30.3 Å². The Morgan fingerprint density at radius 3 is 2.72 bits per heavy atom. The van der Waals surface area contributed by atoms with Gasteiger partial charge in [0, 0.05) is 16.0 Å². The Labute approximate surface area is 154 Å². The quantitative estimate of drug-likeness (QED) is 0.655. The van der Waals surface area contributed by atoms with Crippen molar-refractivity contribution in [1.82, 2.24) is 4.98 Å². The van der Waals surface area contributed by atoms with Gasteiger partial charge in [-0.15, -0.1) is 11.3 Å². The monoisotopic (exact) mass is 374 g/mol. The third-order valence-electron chi connectivity index (χ3n) is 3.51. The fourth-order valence-corrected chi connectivity index (χ4v) is 3.04. The highest BCUT2D eigenvalue weighted by atomic mass is 35.5. The van der Waals surface area contributed by atoms with E-state index in [1.165, 1.54) is 11.3 Å². The van der Waals surface area contributed by atoms with Crippen molar-refractivity contribution >= 4 is 34.8 Å². The first-order valence-corrected chi connectivity index (χ1v) is 8.79. The van der Waals surface area contributed by atoms with Gasteiger partial charge in [-0.25, -0.2) is 9.78 Å². The van der Waals surface area contributed by atoms with Crippen molar-refractivity contribution in [1.29, 1.82) is 0 Å². The number of thiazole rings is 1. The summed E-state index contributed by atoms with van der Waals surface area (Å²) in [6.45, 7) is 0.489. The summed E-state index contributed by atoms with van der Waals surface area (Å²) in [5.41, 5.74) is 3.30. The molecule has 3 aromatic rings. The number of nitrogens with zero attached hydrogens (tertiary/aromatic N) is 2. The number of amides is 1. The van der Waals surface area contributed by atoms with Crippen molar-refractivity contribution in [3.8, 4) is 5.75 Å². The van der Waals surface area contributed by atoms with Crippen molar-refractivity contribution in [2.45, 2.75) is 13.2 Å². The van der Waals surface area contributed by atoms with E-state index in [0.717, 1.165) is 10.5 Å². The number of carboxylic acid groups (broad SMARTS) is 1. The van der Waals surface area contributed by atoms with Crippen LogP contribution < -0.4 is 9.64 Å². The van der Waals surface area contributed by atoms with Crippen LogP contribution in [0.1, 0.15) is 11.1 Å². The molecule has 0 radical (unpaired) electrons. The highest BCUT2D eigenvalue weighted by molar-refractivity contribution is 7.07. The number of anilines is 1. The molecule has 3 rings (SSSR count). The molecule has 1 N–H and O–H groups in total. The van der Waals surface area contributed by atoms with Crippen LogP contribution in [0, 0.1) is 0 Å². The predicted molar refractivity (Wildman–Crippen MR) is 98.5 cm³/mol. The van der Waals surface area contributed by atoms with Crippen molar-refractivity contribution in [2.75, 3.05) is 4.90 Å². The molecule has 0 atom stereocenters. The average Bonchev–Trinajstić information content (AvgIpc) is 3.13. The number of aromatic nitrogens is 1. The van der Waals surface area contributed by atoms with E-state index in [-0.39, 0.29) is 6.54 Å². The van der Waals surface area contributed by atoms with Gasteiger partial charge in [0.05, 0.1) is 12.1 Å². The summed E-state index contributed by atoms with van der Waals surface area (Å²) in [5, 5.41) is 11.7. The molecular formula is C18H15ClN2O3S. The molecule has 1 amide bonds. The fraction of sp³-hybridized carbons (Fsp3) is 0.111. The van der Waals surface area contributed by atoms with Gasteiger partial charge >= 0.3 is 6.09 Å². The van der Waals surface area contributed by atoms with Crippen LogP contribution in [0.25, 0.3) is 0 Å². The second-order valence-corrected chi connectivity index (χ2v) is 6.40. The van der Waals surface area contributed by atoms with Gasteiger partial charge in [0.2, 0.25) is 0 Å². The van der Waals surface area contributed by atoms with Gasteiger partial charge < -0.3 is 9.84 Å². The van der Waals surface area contributed by atoms with Gasteiger partial charge in [0.1, 0.15) is 18.2 Å². The number of carbonyl (C=O) groups is 1. The van der Waals surface area contributed by atoms with Crippen LogP contribution in [-0.4, -0.2) is 16.2 Å². The third kappa shape index (κ3) is 4.49. The molecule has 2 aromatic carbocycles. The number of hydrogen-bond acceptors (Lipinski definition) is 4. The van der Waals surface area contributed by atoms with Crippen LogP contribution in [0.4, 0.5) is 10.6 Å². The average molecular weight is 375 g/mol. The van der Waals surface area contributed by atoms with Gasteiger partial charge in [-0.05, 0) is 23.8 Å². The summed E-state index contributed by atoms with van der Waals surface area (Å²) in [6, 6.07) is 14.9. The molecule has 0 bridgehead atoms. The fourth-order valence-electron chi connectivity index (χ4n) is 2.30. The first-order chi connectivity index (χ1) is 12.1. The molecule has 128 valence electrons. The summed E-state index contributed by atoms with van der Waals surface area (Å²) in [6.07, 6.45) is -1.08. The second kappa shape index (κ2) is 8.00. The lowest BCUT2D eigenvalue weighted by Crippen LogP contribution is -2.29. The van der Waals surface area contributed by atoms with Gasteiger partial charge in [0.15, 0.2) is 0 Å². The Morgan fingerprint density at radius 1 is 1.24 bits per heavy atom. The van der Waals surface area contributed by atoms with Crippen molar-refractivity contribution < 1.29 is 14.6 Å². The molecule has 0 unspecified atom stereocenters. The highest BCUT2D eigenvalue weighted by Gasteiger charge is 2.19. The summed E-state index contributed by atoms with van der Waals surface area (Å²) >= 11 is 7.42. The number of rotatable bonds is 6. The van der Waals surface area contributed by atoms with Crippen molar-refractivity contribution in [2.24, 2.45) is 0 Å². The van der Waals surface area contributed by atoms with E-state index >= 15 is 0 Å². The van der Waals surface area contributed by atoms with Crippen molar-refractivity contribution in [3.63, 3.8) is 0 Å². The van der Waals surface area contributed by atoms with E-state index in [1.54, 1.807) is 29.1 Å². The largest absolute Gasteiger partial charge is 0.489 e. The maximum atomic E-state index is 11.6. The minimum absolute atomic E-state index is 0.101. The predicted octanol–water partition coefficient (Wildman–Crippen LogP) is 5.06. The molecule has 0 aliphatic rings. The molecule has 1 heterocycles.